The fourth-order valence-electron chi connectivity index (χ4n) is 2.88. The van der Waals surface area contributed by atoms with Crippen LogP contribution in [0.3, 0.4) is 0 Å². The minimum atomic E-state index is -0.0584. The van der Waals surface area contributed by atoms with E-state index in [4.69, 9.17) is 0 Å². The molecule has 0 radical (unpaired) electrons. The van der Waals surface area contributed by atoms with Crippen LogP contribution in [0, 0.1) is 6.92 Å². The van der Waals surface area contributed by atoms with Crippen molar-refractivity contribution in [3.63, 3.8) is 0 Å². The molecule has 3 heterocycles. The molecular weight excluding hydrogens is 364 g/mol. The number of hydrogen-bond donors (Lipinski definition) is 1. The fraction of sp³-hybridized carbons (Fsp3) is 0.211. The molecule has 0 saturated carbocycles. The van der Waals surface area contributed by atoms with Gasteiger partial charge >= 0.3 is 0 Å². The van der Waals surface area contributed by atoms with E-state index in [1.807, 2.05) is 37.3 Å². The summed E-state index contributed by atoms with van der Waals surface area (Å²) in [6, 6.07) is 9.80. The molecule has 1 aromatic carbocycles. The molecule has 4 rings (SSSR count). The van der Waals surface area contributed by atoms with Gasteiger partial charge in [-0.1, -0.05) is 17.7 Å². The topological polar surface area (TPSA) is 59.8 Å². The van der Waals surface area contributed by atoms with Gasteiger partial charge in [-0.15, -0.1) is 11.3 Å². The average Bonchev–Trinajstić information content (AvgIpc) is 3.04. The van der Waals surface area contributed by atoms with Crippen molar-refractivity contribution in [3.8, 4) is 5.69 Å². The molecule has 0 atom stereocenters. The lowest BCUT2D eigenvalue weighted by Gasteiger charge is -2.07. The van der Waals surface area contributed by atoms with Crippen molar-refractivity contribution >= 4 is 49.2 Å². The third-order valence-electron chi connectivity index (χ3n) is 4.22. The largest absolute Gasteiger partial charge is 0.384 e. The van der Waals surface area contributed by atoms with Crippen LogP contribution < -0.4 is 10.9 Å². The number of nitrogens with zero attached hydrogens (tertiary/aromatic N) is 3. The highest BCUT2D eigenvalue weighted by Crippen LogP contribution is 2.34. The summed E-state index contributed by atoms with van der Waals surface area (Å²) < 4.78 is 2.23. The SMILES string of the molecule is CSCCNc1ccnc2sc3c(=O)n(-c4ccc(C)cc4)cnc3c12. The summed E-state index contributed by atoms with van der Waals surface area (Å²) in [4.78, 5) is 22.9. The molecule has 0 spiro atoms. The Bertz CT molecular complexity index is 1130. The van der Waals surface area contributed by atoms with Crippen molar-refractivity contribution in [2.24, 2.45) is 0 Å². The first-order chi connectivity index (χ1) is 12.7. The summed E-state index contributed by atoms with van der Waals surface area (Å²) in [5.74, 6) is 1.01. The first kappa shape index (κ1) is 17.1. The second-order valence-corrected chi connectivity index (χ2v) is 7.98. The van der Waals surface area contributed by atoms with E-state index in [9.17, 15) is 4.79 Å². The number of rotatable bonds is 5. The van der Waals surface area contributed by atoms with Gasteiger partial charge in [-0.05, 0) is 31.4 Å². The van der Waals surface area contributed by atoms with Crippen molar-refractivity contribution in [2.45, 2.75) is 6.92 Å². The third kappa shape index (κ3) is 2.97. The standard InChI is InChI=1S/C19H18N4OS2/c1-12-3-5-13(6-4-12)23-11-22-16-15-14(20-9-10-25-2)7-8-21-18(15)26-17(16)19(23)24/h3-8,11H,9-10H2,1-2H3,(H,20,21). The van der Waals surface area contributed by atoms with Crippen LogP contribution in [0.1, 0.15) is 5.56 Å². The predicted molar refractivity (Wildman–Crippen MR) is 112 cm³/mol. The lowest BCUT2D eigenvalue weighted by atomic mass is 10.2. The smallest absolute Gasteiger partial charge is 0.275 e. The summed E-state index contributed by atoms with van der Waals surface area (Å²) in [5.41, 5.74) is 3.62. The summed E-state index contributed by atoms with van der Waals surface area (Å²) in [6.07, 6.45) is 5.47. The van der Waals surface area contributed by atoms with Crippen molar-refractivity contribution < 1.29 is 0 Å². The quantitative estimate of drug-likeness (QED) is 0.527. The highest BCUT2D eigenvalue weighted by molar-refractivity contribution is 7.98. The monoisotopic (exact) mass is 382 g/mol. The molecule has 0 aliphatic heterocycles. The molecule has 0 bridgehead atoms. The van der Waals surface area contributed by atoms with E-state index in [1.54, 1.807) is 28.9 Å². The van der Waals surface area contributed by atoms with E-state index in [1.165, 1.54) is 11.3 Å². The molecule has 1 N–H and O–H groups in total. The minimum Gasteiger partial charge on any atom is -0.384 e. The van der Waals surface area contributed by atoms with Gasteiger partial charge < -0.3 is 5.32 Å². The number of thioether (sulfide) groups is 1. The van der Waals surface area contributed by atoms with Crippen LogP contribution in [0.4, 0.5) is 5.69 Å². The Kier molecular flexibility index (Phi) is 4.65. The molecule has 26 heavy (non-hydrogen) atoms. The van der Waals surface area contributed by atoms with Crippen LogP contribution in [0.2, 0.25) is 0 Å². The lowest BCUT2D eigenvalue weighted by Crippen LogP contribution is -2.17. The maximum atomic E-state index is 13.0. The number of fused-ring (bicyclic) bond motifs is 3. The van der Waals surface area contributed by atoms with Crippen molar-refractivity contribution in [1.29, 1.82) is 0 Å². The number of nitrogens with one attached hydrogen (secondary N) is 1. The number of hydrogen-bond acceptors (Lipinski definition) is 6. The van der Waals surface area contributed by atoms with Crippen molar-refractivity contribution in [3.05, 3.63) is 58.8 Å². The van der Waals surface area contributed by atoms with Crippen LogP contribution in [0.25, 0.3) is 26.1 Å². The van der Waals surface area contributed by atoms with Gasteiger partial charge in [0.05, 0.1) is 16.6 Å². The van der Waals surface area contributed by atoms with Gasteiger partial charge in [0.15, 0.2) is 0 Å². The van der Waals surface area contributed by atoms with E-state index < -0.39 is 0 Å². The molecule has 0 aliphatic rings. The molecule has 0 aliphatic carbocycles. The second-order valence-electron chi connectivity index (χ2n) is 5.99. The van der Waals surface area contributed by atoms with Crippen LogP contribution in [-0.2, 0) is 0 Å². The molecule has 0 unspecified atom stereocenters. The Morgan fingerprint density at radius 2 is 2.00 bits per heavy atom. The van der Waals surface area contributed by atoms with Gasteiger partial charge in [0, 0.05) is 24.2 Å². The minimum absolute atomic E-state index is 0.0584. The third-order valence-corrected chi connectivity index (χ3v) is 5.90. The van der Waals surface area contributed by atoms with Crippen LogP contribution in [0.15, 0.2) is 47.7 Å². The fourth-order valence-corrected chi connectivity index (χ4v) is 4.24. The molecule has 0 saturated heterocycles. The van der Waals surface area contributed by atoms with E-state index in [2.05, 4.69) is 21.5 Å². The molecule has 4 aromatic rings. The van der Waals surface area contributed by atoms with Gasteiger partial charge in [-0.3, -0.25) is 9.36 Å². The van der Waals surface area contributed by atoms with E-state index >= 15 is 0 Å². The van der Waals surface area contributed by atoms with Gasteiger partial charge in [0.25, 0.3) is 5.56 Å². The molecule has 0 amide bonds. The summed E-state index contributed by atoms with van der Waals surface area (Å²) >= 11 is 3.19. The Hall–Kier alpha value is -2.38. The number of aromatic nitrogens is 3. The summed E-state index contributed by atoms with van der Waals surface area (Å²) in [6.45, 7) is 2.88. The van der Waals surface area contributed by atoms with Gasteiger partial charge in [0.2, 0.25) is 0 Å². The van der Waals surface area contributed by atoms with Crippen LogP contribution in [0.5, 0.6) is 0 Å². The molecule has 0 fully saturated rings. The average molecular weight is 383 g/mol. The zero-order valence-corrected chi connectivity index (χ0v) is 16.2. The zero-order chi connectivity index (χ0) is 18.1. The Balaban J connectivity index is 1.88. The summed E-state index contributed by atoms with van der Waals surface area (Å²) in [5, 5.41) is 4.37. The molecular formula is C19H18N4OS2. The molecule has 7 heteroatoms. The highest BCUT2D eigenvalue weighted by atomic mass is 32.2. The number of thiophene rings is 1. The van der Waals surface area contributed by atoms with E-state index in [-0.39, 0.29) is 5.56 Å². The molecule has 132 valence electrons. The van der Waals surface area contributed by atoms with Crippen molar-refractivity contribution in [1.82, 2.24) is 14.5 Å². The Morgan fingerprint density at radius 1 is 1.19 bits per heavy atom. The maximum Gasteiger partial charge on any atom is 0.275 e. The predicted octanol–water partition coefficient (Wildman–Crippen LogP) is 4.08. The van der Waals surface area contributed by atoms with Crippen LogP contribution in [-0.4, -0.2) is 33.1 Å². The van der Waals surface area contributed by atoms with Gasteiger partial charge in [-0.25, -0.2) is 9.97 Å². The zero-order valence-electron chi connectivity index (χ0n) is 14.5. The Labute approximate surface area is 159 Å². The van der Waals surface area contributed by atoms with Gasteiger partial charge in [-0.2, -0.15) is 11.8 Å². The molecule has 5 nitrogen and oxygen atoms in total. The Morgan fingerprint density at radius 3 is 2.77 bits per heavy atom. The van der Waals surface area contributed by atoms with Gasteiger partial charge in [0.1, 0.15) is 15.9 Å². The highest BCUT2D eigenvalue weighted by Gasteiger charge is 2.16. The molecule has 3 aromatic heterocycles. The first-order valence-electron chi connectivity index (χ1n) is 8.28. The van der Waals surface area contributed by atoms with Crippen molar-refractivity contribution in [2.75, 3.05) is 23.9 Å². The van der Waals surface area contributed by atoms with E-state index in [0.717, 1.165) is 45.0 Å². The number of pyridine rings is 1. The first-order valence-corrected chi connectivity index (χ1v) is 10.5. The van der Waals surface area contributed by atoms with Crippen LogP contribution >= 0.6 is 23.1 Å². The summed E-state index contributed by atoms with van der Waals surface area (Å²) in [7, 11) is 0. The number of aryl methyl sites for hydroxylation is 1. The maximum absolute atomic E-state index is 13.0. The normalized spacial score (nSPS) is 11.3. The van der Waals surface area contributed by atoms with E-state index in [0.29, 0.717) is 4.70 Å². The number of anilines is 1. The second kappa shape index (κ2) is 7.09. The number of benzene rings is 1. The lowest BCUT2D eigenvalue weighted by molar-refractivity contribution is 0.966.